The summed E-state index contributed by atoms with van der Waals surface area (Å²) in [6, 6.07) is 3.41. The van der Waals surface area contributed by atoms with Crippen LogP contribution in [-0.4, -0.2) is 34.6 Å². The Morgan fingerprint density at radius 3 is 2.42 bits per heavy atom. The maximum absolute atomic E-state index is 13.0. The minimum atomic E-state index is -0.986. The van der Waals surface area contributed by atoms with E-state index in [0.29, 0.717) is 12.1 Å². The molecule has 1 aromatic carbocycles. The zero-order valence-electron chi connectivity index (χ0n) is 11.4. The minimum Gasteiger partial charge on any atom is -0.389 e. The average molecular weight is 271 g/mol. The number of aliphatic hydroxyl groups is 1. The van der Waals surface area contributed by atoms with Gasteiger partial charge in [0, 0.05) is 13.1 Å². The van der Waals surface area contributed by atoms with E-state index in [1.807, 2.05) is 0 Å². The Morgan fingerprint density at radius 2 is 1.95 bits per heavy atom. The summed E-state index contributed by atoms with van der Waals surface area (Å²) in [7, 11) is 0. The van der Waals surface area contributed by atoms with Gasteiger partial charge in [-0.2, -0.15) is 0 Å². The molecule has 0 bridgehead atoms. The summed E-state index contributed by atoms with van der Waals surface area (Å²) in [5.41, 5.74) is -0.571. The summed E-state index contributed by atoms with van der Waals surface area (Å²) in [6.07, 6.45) is -0.0128. The summed E-state index contributed by atoms with van der Waals surface area (Å²) in [5, 5.41) is 9.71. The Kier molecular flexibility index (Phi) is 5.00. The van der Waals surface area contributed by atoms with Gasteiger partial charge in [-0.15, -0.1) is 0 Å². The second kappa shape index (κ2) is 6.10. The second-order valence-electron chi connectivity index (χ2n) is 5.15. The second-order valence-corrected chi connectivity index (χ2v) is 5.15. The first kappa shape index (κ1) is 15.6. The van der Waals surface area contributed by atoms with Gasteiger partial charge in [-0.25, -0.2) is 8.78 Å². The Morgan fingerprint density at radius 1 is 1.32 bits per heavy atom. The molecule has 0 atom stereocenters. The lowest BCUT2D eigenvalue weighted by Gasteiger charge is -2.28. The van der Waals surface area contributed by atoms with Crippen molar-refractivity contribution in [2.24, 2.45) is 0 Å². The largest absolute Gasteiger partial charge is 0.389 e. The van der Waals surface area contributed by atoms with Crippen molar-refractivity contribution in [3.63, 3.8) is 0 Å². The maximum atomic E-state index is 13.0. The van der Waals surface area contributed by atoms with E-state index in [4.69, 9.17) is 0 Å². The molecule has 0 radical (unpaired) electrons. The van der Waals surface area contributed by atoms with E-state index in [1.54, 1.807) is 20.8 Å². The highest BCUT2D eigenvalue weighted by molar-refractivity contribution is 5.78. The van der Waals surface area contributed by atoms with Crippen LogP contribution in [0.4, 0.5) is 8.78 Å². The molecule has 0 aliphatic carbocycles. The number of halogens is 2. The Bertz CT molecular complexity index is 455. The minimum absolute atomic E-state index is 0.0128. The number of likely N-dealkylation sites (N-methyl/N-ethyl adjacent to an activating group) is 1. The van der Waals surface area contributed by atoms with Gasteiger partial charge in [0.15, 0.2) is 11.6 Å². The van der Waals surface area contributed by atoms with E-state index in [-0.39, 0.29) is 18.9 Å². The molecular formula is C14H19F2NO2. The quantitative estimate of drug-likeness (QED) is 0.891. The summed E-state index contributed by atoms with van der Waals surface area (Å²) in [6.45, 7) is 5.67. The first-order valence-corrected chi connectivity index (χ1v) is 6.17. The molecule has 19 heavy (non-hydrogen) atoms. The Labute approximate surface area is 111 Å². The van der Waals surface area contributed by atoms with Gasteiger partial charge in [-0.05, 0) is 38.5 Å². The van der Waals surface area contributed by atoms with E-state index < -0.39 is 17.2 Å². The first-order chi connectivity index (χ1) is 8.73. The summed E-state index contributed by atoms with van der Waals surface area (Å²) < 4.78 is 25.8. The molecule has 0 spiro atoms. The number of nitrogens with zero attached hydrogens (tertiary/aromatic N) is 1. The van der Waals surface area contributed by atoms with Crippen LogP contribution in [0.15, 0.2) is 18.2 Å². The van der Waals surface area contributed by atoms with Gasteiger partial charge in [0.1, 0.15) is 0 Å². The van der Waals surface area contributed by atoms with Crippen LogP contribution in [0, 0.1) is 11.6 Å². The molecule has 1 rings (SSSR count). The molecule has 0 unspecified atom stereocenters. The highest BCUT2D eigenvalue weighted by Crippen LogP contribution is 2.12. The van der Waals surface area contributed by atoms with Crippen LogP contribution < -0.4 is 0 Å². The Hall–Kier alpha value is -1.49. The number of rotatable bonds is 5. The predicted molar refractivity (Wildman–Crippen MR) is 68.6 cm³/mol. The van der Waals surface area contributed by atoms with E-state index in [0.717, 1.165) is 12.1 Å². The van der Waals surface area contributed by atoms with E-state index in [9.17, 15) is 18.7 Å². The Balaban J connectivity index is 2.74. The lowest BCUT2D eigenvalue weighted by molar-refractivity contribution is -0.133. The monoisotopic (exact) mass is 271 g/mol. The van der Waals surface area contributed by atoms with Crippen molar-refractivity contribution in [1.82, 2.24) is 4.90 Å². The molecule has 5 heteroatoms. The lowest BCUT2D eigenvalue weighted by Crippen LogP contribution is -2.42. The van der Waals surface area contributed by atoms with Crippen molar-refractivity contribution in [2.75, 3.05) is 13.1 Å². The molecule has 1 N–H and O–H groups in total. The lowest BCUT2D eigenvalue weighted by atomic mass is 10.1. The van der Waals surface area contributed by atoms with Gasteiger partial charge in [0.25, 0.3) is 0 Å². The van der Waals surface area contributed by atoms with Crippen LogP contribution in [0.2, 0.25) is 0 Å². The SMILES string of the molecule is CCN(CC(C)(C)O)C(=O)Cc1ccc(F)c(F)c1. The highest BCUT2D eigenvalue weighted by Gasteiger charge is 2.21. The third-order valence-corrected chi connectivity index (χ3v) is 2.65. The maximum Gasteiger partial charge on any atom is 0.227 e. The average Bonchev–Trinajstić information content (AvgIpc) is 2.29. The smallest absolute Gasteiger partial charge is 0.227 e. The van der Waals surface area contributed by atoms with E-state index >= 15 is 0 Å². The van der Waals surface area contributed by atoms with Crippen molar-refractivity contribution in [3.8, 4) is 0 Å². The topological polar surface area (TPSA) is 40.5 Å². The zero-order valence-corrected chi connectivity index (χ0v) is 11.4. The van der Waals surface area contributed by atoms with Gasteiger partial charge in [-0.3, -0.25) is 4.79 Å². The van der Waals surface area contributed by atoms with Gasteiger partial charge >= 0.3 is 0 Å². The molecule has 3 nitrogen and oxygen atoms in total. The number of carbonyl (C=O) groups is 1. The van der Waals surface area contributed by atoms with Crippen molar-refractivity contribution < 1.29 is 18.7 Å². The molecular weight excluding hydrogens is 252 g/mol. The van der Waals surface area contributed by atoms with Crippen LogP contribution in [0.1, 0.15) is 26.3 Å². The summed E-state index contributed by atoms with van der Waals surface area (Å²) in [4.78, 5) is 13.5. The van der Waals surface area contributed by atoms with Gasteiger partial charge in [0.2, 0.25) is 5.91 Å². The normalized spacial score (nSPS) is 11.5. The highest BCUT2D eigenvalue weighted by atomic mass is 19.2. The molecule has 0 fully saturated rings. The third kappa shape index (κ3) is 4.95. The molecule has 0 aliphatic heterocycles. The number of benzene rings is 1. The fourth-order valence-electron chi connectivity index (χ4n) is 1.78. The van der Waals surface area contributed by atoms with Crippen LogP contribution >= 0.6 is 0 Å². The molecule has 0 heterocycles. The fourth-order valence-corrected chi connectivity index (χ4v) is 1.78. The van der Waals surface area contributed by atoms with Crippen molar-refractivity contribution >= 4 is 5.91 Å². The molecule has 0 aromatic heterocycles. The van der Waals surface area contributed by atoms with Crippen molar-refractivity contribution in [3.05, 3.63) is 35.4 Å². The molecule has 0 aliphatic rings. The fraction of sp³-hybridized carbons (Fsp3) is 0.500. The third-order valence-electron chi connectivity index (χ3n) is 2.65. The molecule has 1 aromatic rings. The van der Waals surface area contributed by atoms with Crippen LogP contribution in [-0.2, 0) is 11.2 Å². The van der Waals surface area contributed by atoms with Crippen LogP contribution in [0.5, 0.6) is 0 Å². The molecule has 0 saturated carbocycles. The van der Waals surface area contributed by atoms with Crippen LogP contribution in [0.25, 0.3) is 0 Å². The van der Waals surface area contributed by atoms with E-state index in [1.165, 1.54) is 11.0 Å². The standard InChI is InChI=1S/C14H19F2NO2/c1-4-17(9-14(2,3)19)13(18)8-10-5-6-11(15)12(16)7-10/h5-7,19H,4,8-9H2,1-3H3. The van der Waals surface area contributed by atoms with Crippen molar-refractivity contribution in [1.29, 1.82) is 0 Å². The molecule has 0 saturated heterocycles. The van der Waals surface area contributed by atoms with Crippen molar-refractivity contribution in [2.45, 2.75) is 32.8 Å². The molecule has 106 valence electrons. The summed E-state index contributed by atoms with van der Waals surface area (Å²) in [5.74, 6) is -2.12. The number of carbonyl (C=O) groups excluding carboxylic acids is 1. The number of hydrogen-bond acceptors (Lipinski definition) is 2. The summed E-state index contributed by atoms with van der Waals surface area (Å²) >= 11 is 0. The molecule has 1 amide bonds. The van der Waals surface area contributed by atoms with Gasteiger partial charge < -0.3 is 10.0 Å². The zero-order chi connectivity index (χ0) is 14.6. The van der Waals surface area contributed by atoms with E-state index in [2.05, 4.69) is 0 Å². The van der Waals surface area contributed by atoms with Gasteiger partial charge in [0.05, 0.1) is 12.0 Å². The number of hydrogen-bond donors (Lipinski definition) is 1. The predicted octanol–water partition coefficient (Wildman–Crippen LogP) is 2.13. The van der Waals surface area contributed by atoms with Gasteiger partial charge in [-0.1, -0.05) is 6.07 Å². The first-order valence-electron chi connectivity index (χ1n) is 6.17. The number of amides is 1. The van der Waals surface area contributed by atoms with Crippen LogP contribution in [0.3, 0.4) is 0 Å².